The van der Waals surface area contributed by atoms with E-state index in [1.165, 1.54) is 4.90 Å². The van der Waals surface area contributed by atoms with Crippen LogP contribution < -0.4 is 9.64 Å². The van der Waals surface area contributed by atoms with Crippen molar-refractivity contribution in [2.24, 2.45) is 0 Å². The van der Waals surface area contributed by atoms with Gasteiger partial charge in [-0.15, -0.1) is 11.3 Å². The summed E-state index contributed by atoms with van der Waals surface area (Å²) in [6.45, 7) is 6.94. The second-order valence-corrected chi connectivity index (χ2v) is 10.1. The van der Waals surface area contributed by atoms with Crippen molar-refractivity contribution in [1.29, 1.82) is 0 Å². The van der Waals surface area contributed by atoms with Gasteiger partial charge in [0.25, 0.3) is 5.91 Å². The summed E-state index contributed by atoms with van der Waals surface area (Å²) < 4.78 is 22.1. The van der Waals surface area contributed by atoms with Crippen molar-refractivity contribution in [3.63, 3.8) is 0 Å². The SMILES string of the molecule is CCOC(=O)[C@H](Cc1ccc(OCc2sc(-c3ccc(C(=O)N(C)c4ccco4)cc3)cc2C)cc1)OCC. The standard InChI is InChI=1S/C31H33NO6S/c1-5-35-26(31(34)36-6-2)19-22-9-15-25(16-10-22)38-20-28-21(3)18-27(39-28)23-11-13-24(14-12-23)30(33)32(4)29-8-7-17-37-29/h7-18,26H,5-6,19-20H2,1-4H3/t26-/m0/s1. The number of hydrogen-bond acceptors (Lipinski definition) is 7. The number of anilines is 1. The summed E-state index contributed by atoms with van der Waals surface area (Å²) in [7, 11) is 1.69. The molecule has 0 saturated carbocycles. The lowest BCUT2D eigenvalue weighted by molar-refractivity contribution is -0.156. The van der Waals surface area contributed by atoms with Crippen molar-refractivity contribution < 1.29 is 28.2 Å². The molecule has 8 heteroatoms. The van der Waals surface area contributed by atoms with Crippen LogP contribution in [0.1, 0.15) is 40.2 Å². The molecule has 2 aromatic heterocycles. The van der Waals surface area contributed by atoms with Gasteiger partial charge in [-0.25, -0.2) is 4.79 Å². The summed E-state index contributed by atoms with van der Waals surface area (Å²) in [4.78, 5) is 28.6. The number of furan rings is 1. The molecule has 0 N–H and O–H groups in total. The van der Waals surface area contributed by atoms with Gasteiger partial charge in [0, 0.05) is 41.5 Å². The van der Waals surface area contributed by atoms with E-state index in [1.807, 2.05) is 55.5 Å². The molecule has 2 heterocycles. The Bertz CT molecular complexity index is 1360. The molecule has 0 fully saturated rings. The molecular weight excluding hydrogens is 514 g/mol. The predicted octanol–water partition coefficient (Wildman–Crippen LogP) is 6.68. The first-order valence-electron chi connectivity index (χ1n) is 12.9. The Labute approximate surface area is 232 Å². The third-order valence-corrected chi connectivity index (χ3v) is 7.47. The van der Waals surface area contributed by atoms with Crippen LogP contribution in [0, 0.1) is 6.92 Å². The smallest absolute Gasteiger partial charge is 0.335 e. The number of benzene rings is 2. The van der Waals surface area contributed by atoms with Gasteiger partial charge in [-0.05, 0) is 73.9 Å². The quantitative estimate of drug-likeness (QED) is 0.184. The average Bonchev–Trinajstić information content (AvgIpc) is 3.62. The highest BCUT2D eigenvalue weighted by molar-refractivity contribution is 7.15. The van der Waals surface area contributed by atoms with Crippen LogP contribution in [0.2, 0.25) is 0 Å². The fraction of sp³-hybridized carbons (Fsp3) is 0.290. The second kappa shape index (κ2) is 13.3. The number of esters is 1. The number of carbonyl (C=O) groups is 2. The summed E-state index contributed by atoms with van der Waals surface area (Å²) in [5.41, 5.74) is 3.76. The maximum Gasteiger partial charge on any atom is 0.335 e. The molecule has 0 radical (unpaired) electrons. The van der Waals surface area contributed by atoms with E-state index < -0.39 is 6.10 Å². The van der Waals surface area contributed by atoms with Crippen molar-refractivity contribution in [3.05, 3.63) is 94.6 Å². The van der Waals surface area contributed by atoms with Crippen molar-refractivity contribution in [2.45, 2.75) is 39.9 Å². The van der Waals surface area contributed by atoms with E-state index in [1.54, 1.807) is 43.7 Å². The average molecular weight is 548 g/mol. The van der Waals surface area contributed by atoms with Crippen LogP contribution in [-0.4, -0.2) is 38.2 Å². The Kier molecular flexibility index (Phi) is 9.57. The van der Waals surface area contributed by atoms with Gasteiger partial charge in [-0.1, -0.05) is 24.3 Å². The third-order valence-electron chi connectivity index (χ3n) is 6.21. The van der Waals surface area contributed by atoms with Gasteiger partial charge in [-0.3, -0.25) is 9.69 Å². The minimum Gasteiger partial charge on any atom is -0.488 e. The summed E-state index contributed by atoms with van der Waals surface area (Å²) in [6, 6.07) is 20.9. The lowest BCUT2D eigenvalue weighted by Gasteiger charge is -2.15. The minimum absolute atomic E-state index is 0.131. The predicted molar refractivity (Wildman–Crippen MR) is 152 cm³/mol. The topological polar surface area (TPSA) is 78.2 Å². The van der Waals surface area contributed by atoms with Gasteiger partial charge < -0.3 is 18.6 Å². The van der Waals surface area contributed by atoms with E-state index in [2.05, 4.69) is 13.0 Å². The Morgan fingerprint density at radius 3 is 2.38 bits per heavy atom. The van der Waals surface area contributed by atoms with E-state index in [-0.39, 0.29) is 11.9 Å². The van der Waals surface area contributed by atoms with Crippen molar-refractivity contribution >= 4 is 29.1 Å². The maximum absolute atomic E-state index is 12.8. The Hall–Kier alpha value is -3.88. The highest BCUT2D eigenvalue weighted by Gasteiger charge is 2.20. The zero-order chi connectivity index (χ0) is 27.8. The zero-order valence-electron chi connectivity index (χ0n) is 22.6. The van der Waals surface area contributed by atoms with Gasteiger partial charge in [0.2, 0.25) is 5.88 Å². The molecule has 0 aliphatic rings. The molecule has 1 atom stereocenters. The third kappa shape index (κ3) is 7.16. The highest BCUT2D eigenvalue weighted by atomic mass is 32.1. The first-order valence-corrected chi connectivity index (χ1v) is 13.7. The van der Waals surface area contributed by atoms with Crippen LogP contribution in [0.4, 0.5) is 5.88 Å². The van der Waals surface area contributed by atoms with Crippen LogP contribution in [-0.2, 0) is 27.3 Å². The van der Waals surface area contributed by atoms with Crippen LogP contribution in [0.5, 0.6) is 5.75 Å². The molecule has 2 aromatic carbocycles. The fourth-order valence-corrected chi connectivity index (χ4v) is 5.16. The molecule has 0 saturated heterocycles. The monoisotopic (exact) mass is 547 g/mol. The molecule has 1 amide bonds. The summed E-state index contributed by atoms with van der Waals surface area (Å²) in [5.74, 6) is 0.781. The minimum atomic E-state index is -0.613. The maximum atomic E-state index is 12.8. The van der Waals surface area contributed by atoms with Crippen LogP contribution in [0.3, 0.4) is 0 Å². The summed E-state index contributed by atoms with van der Waals surface area (Å²) in [5, 5.41) is 0. The number of thiophene rings is 1. The number of amides is 1. The number of aryl methyl sites for hydroxylation is 1. The molecule has 204 valence electrons. The number of carbonyl (C=O) groups excluding carboxylic acids is 2. The Morgan fingerprint density at radius 2 is 1.74 bits per heavy atom. The molecule has 0 unspecified atom stereocenters. The molecular formula is C31H33NO6S. The van der Waals surface area contributed by atoms with Gasteiger partial charge >= 0.3 is 5.97 Å². The lowest BCUT2D eigenvalue weighted by Crippen LogP contribution is -2.28. The fourth-order valence-electron chi connectivity index (χ4n) is 4.07. The van der Waals surface area contributed by atoms with Crippen LogP contribution in [0.15, 0.2) is 77.4 Å². The molecule has 4 aromatic rings. The van der Waals surface area contributed by atoms with Gasteiger partial charge in [-0.2, -0.15) is 0 Å². The number of nitrogens with zero attached hydrogens (tertiary/aromatic N) is 1. The molecule has 7 nitrogen and oxygen atoms in total. The van der Waals surface area contributed by atoms with Gasteiger partial charge in [0.1, 0.15) is 12.4 Å². The van der Waals surface area contributed by atoms with Gasteiger partial charge in [0.05, 0.1) is 12.9 Å². The molecule has 0 aliphatic heterocycles. The van der Waals surface area contributed by atoms with Crippen molar-refractivity contribution in [1.82, 2.24) is 0 Å². The Morgan fingerprint density at radius 1 is 1.00 bits per heavy atom. The largest absolute Gasteiger partial charge is 0.488 e. The number of ether oxygens (including phenoxy) is 3. The van der Waals surface area contributed by atoms with E-state index >= 15 is 0 Å². The van der Waals surface area contributed by atoms with E-state index in [0.29, 0.717) is 37.7 Å². The first-order chi connectivity index (χ1) is 18.9. The molecule has 0 spiro atoms. The highest BCUT2D eigenvalue weighted by Crippen LogP contribution is 2.32. The lowest BCUT2D eigenvalue weighted by atomic mass is 10.1. The molecule has 4 rings (SSSR count). The second-order valence-electron chi connectivity index (χ2n) is 8.94. The van der Waals surface area contributed by atoms with E-state index in [9.17, 15) is 9.59 Å². The normalized spacial score (nSPS) is 11.7. The van der Waals surface area contributed by atoms with Crippen molar-refractivity contribution in [2.75, 3.05) is 25.2 Å². The van der Waals surface area contributed by atoms with E-state index in [4.69, 9.17) is 18.6 Å². The molecule has 0 bridgehead atoms. The molecule has 0 aliphatic carbocycles. The van der Waals surface area contributed by atoms with E-state index in [0.717, 1.165) is 32.2 Å². The van der Waals surface area contributed by atoms with Crippen molar-refractivity contribution in [3.8, 4) is 16.2 Å². The van der Waals surface area contributed by atoms with Crippen LogP contribution in [0.25, 0.3) is 10.4 Å². The summed E-state index contributed by atoms with van der Waals surface area (Å²) in [6.07, 6.45) is 1.38. The number of rotatable bonds is 12. The molecule has 39 heavy (non-hydrogen) atoms. The Balaban J connectivity index is 1.36. The zero-order valence-corrected chi connectivity index (χ0v) is 23.5. The first kappa shape index (κ1) is 28.1. The van der Waals surface area contributed by atoms with Crippen LogP contribution >= 0.6 is 11.3 Å². The van der Waals surface area contributed by atoms with Gasteiger partial charge in [0.15, 0.2) is 6.10 Å². The summed E-state index contributed by atoms with van der Waals surface area (Å²) >= 11 is 1.67. The number of hydrogen-bond donors (Lipinski definition) is 0.